The normalized spacial score (nSPS) is 15.6. The van der Waals surface area contributed by atoms with Gasteiger partial charge < -0.3 is 0 Å². The predicted molar refractivity (Wildman–Crippen MR) is 86.0 cm³/mol. The standard InChI is InChI=1S/C19H25N/c1-14(17(4)18-8-6-5-7-9-18)12-15(2)19-10-11-20-13-16(19)3/h5-11,13-15,17H,12H2,1-4H3. The Balaban J connectivity index is 2.04. The zero-order valence-electron chi connectivity index (χ0n) is 13.0. The van der Waals surface area contributed by atoms with Gasteiger partial charge in [-0.15, -0.1) is 0 Å². The molecule has 0 radical (unpaired) electrons. The quantitative estimate of drug-likeness (QED) is 0.714. The fourth-order valence-electron chi connectivity index (χ4n) is 3.01. The highest BCUT2D eigenvalue weighted by atomic mass is 14.6. The zero-order chi connectivity index (χ0) is 14.5. The summed E-state index contributed by atoms with van der Waals surface area (Å²) in [4.78, 5) is 4.19. The van der Waals surface area contributed by atoms with Crippen LogP contribution in [0.1, 0.15) is 55.7 Å². The number of nitrogens with zero attached hydrogens (tertiary/aromatic N) is 1. The Bertz CT molecular complexity index is 532. The van der Waals surface area contributed by atoms with Gasteiger partial charge in [0.05, 0.1) is 0 Å². The van der Waals surface area contributed by atoms with Crippen LogP contribution in [0.3, 0.4) is 0 Å². The molecule has 106 valence electrons. The van der Waals surface area contributed by atoms with Crippen molar-refractivity contribution >= 4 is 0 Å². The predicted octanol–water partition coefficient (Wildman–Crippen LogP) is 5.32. The molecule has 0 aliphatic carbocycles. The van der Waals surface area contributed by atoms with E-state index in [1.807, 2.05) is 12.4 Å². The highest BCUT2D eigenvalue weighted by molar-refractivity contribution is 5.26. The number of hydrogen-bond acceptors (Lipinski definition) is 1. The first-order chi connectivity index (χ1) is 9.59. The lowest BCUT2D eigenvalue weighted by Crippen LogP contribution is -2.10. The van der Waals surface area contributed by atoms with Crippen LogP contribution in [0.15, 0.2) is 48.8 Å². The van der Waals surface area contributed by atoms with Gasteiger partial charge in [0.2, 0.25) is 0 Å². The van der Waals surface area contributed by atoms with Crippen molar-refractivity contribution in [3.63, 3.8) is 0 Å². The molecule has 1 aromatic heterocycles. The lowest BCUT2D eigenvalue weighted by atomic mass is 9.81. The molecule has 1 nitrogen and oxygen atoms in total. The fourth-order valence-corrected chi connectivity index (χ4v) is 3.01. The van der Waals surface area contributed by atoms with Crippen LogP contribution < -0.4 is 0 Å². The smallest absolute Gasteiger partial charge is 0.0299 e. The molecule has 1 heteroatoms. The molecule has 0 N–H and O–H groups in total. The largest absolute Gasteiger partial charge is 0.264 e. The number of hydrogen-bond donors (Lipinski definition) is 0. The van der Waals surface area contributed by atoms with E-state index < -0.39 is 0 Å². The van der Waals surface area contributed by atoms with Gasteiger partial charge in [0.25, 0.3) is 0 Å². The summed E-state index contributed by atoms with van der Waals surface area (Å²) in [6, 6.07) is 13.0. The molecular formula is C19H25N. The van der Waals surface area contributed by atoms with E-state index in [9.17, 15) is 0 Å². The minimum Gasteiger partial charge on any atom is -0.264 e. The molecule has 0 amide bonds. The zero-order valence-corrected chi connectivity index (χ0v) is 13.0. The topological polar surface area (TPSA) is 12.9 Å². The van der Waals surface area contributed by atoms with Gasteiger partial charge in [0.1, 0.15) is 0 Å². The summed E-state index contributed by atoms with van der Waals surface area (Å²) in [6.07, 6.45) is 5.09. The lowest BCUT2D eigenvalue weighted by molar-refractivity contribution is 0.420. The summed E-state index contributed by atoms with van der Waals surface area (Å²) in [7, 11) is 0. The van der Waals surface area contributed by atoms with Crippen molar-refractivity contribution in [1.29, 1.82) is 0 Å². The van der Waals surface area contributed by atoms with Crippen LogP contribution >= 0.6 is 0 Å². The van der Waals surface area contributed by atoms with E-state index in [0.29, 0.717) is 17.8 Å². The molecule has 0 spiro atoms. The summed E-state index contributed by atoms with van der Waals surface area (Å²) in [5.41, 5.74) is 4.19. The molecular weight excluding hydrogens is 242 g/mol. The van der Waals surface area contributed by atoms with Gasteiger partial charge in [-0.3, -0.25) is 4.98 Å². The van der Waals surface area contributed by atoms with Gasteiger partial charge in [-0.1, -0.05) is 51.1 Å². The van der Waals surface area contributed by atoms with E-state index in [4.69, 9.17) is 0 Å². The molecule has 3 atom stereocenters. The maximum Gasteiger partial charge on any atom is 0.0299 e. The van der Waals surface area contributed by atoms with E-state index in [2.05, 4.69) is 69.1 Å². The minimum absolute atomic E-state index is 0.583. The van der Waals surface area contributed by atoms with Crippen LogP contribution in [-0.2, 0) is 0 Å². The fraction of sp³-hybridized carbons (Fsp3) is 0.421. The van der Waals surface area contributed by atoms with Crippen LogP contribution in [0.5, 0.6) is 0 Å². The first kappa shape index (κ1) is 14.8. The Morgan fingerprint density at radius 2 is 1.70 bits per heavy atom. The molecule has 0 aliphatic rings. The Hall–Kier alpha value is -1.63. The molecule has 1 aromatic carbocycles. The summed E-state index contributed by atoms with van der Waals surface area (Å²) in [5.74, 6) is 1.85. The third-order valence-corrected chi connectivity index (χ3v) is 4.50. The van der Waals surface area contributed by atoms with E-state index in [0.717, 1.165) is 0 Å². The molecule has 2 rings (SSSR count). The van der Waals surface area contributed by atoms with Crippen LogP contribution in [0.2, 0.25) is 0 Å². The van der Waals surface area contributed by atoms with E-state index in [1.54, 1.807) is 0 Å². The third-order valence-electron chi connectivity index (χ3n) is 4.50. The number of pyridine rings is 1. The Labute approximate surface area is 123 Å². The van der Waals surface area contributed by atoms with Crippen LogP contribution in [0.4, 0.5) is 0 Å². The maximum absolute atomic E-state index is 4.19. The second kappa shape index (κ2) is 6.69. The van der Waals surface area contributed by atoms with E-state index in [-0.39, 0.29) is 0 Å². The first-order valence-electron chi connectivity index (χ1n) is 7.55. The molecule has 0 saturated heterocycles. The number of aromatic nitrogens is 1. The van der Waals surface area contributed by atoms with E-state index >= 15 is 0 Å². The Morgan fingerprint density at radius 3 is 2.35 bits per heavy atom. The SMILES string of the molecule is Cc1cnccc1C(C)CC(C)C(C)c1ccccc1. The highest BCUT2D eigenvalue weighted by Crippen LogP contribution is 2.33. The number of aryl methyl sites for hydroxylation is 1. The molecule has 0 aliphatic heterocycles. The maximum atomic E-state index is 4.19. The van der Waals surface area contributed by atoms with Crippen LogP contribution in [0.25, 0.3) is 0 Å². The van der Waals surface area contributed by atoms with Gasteiger partial charge in [-0.25, -0.2) is 0 Å². The molecule has 20 heavy (non-hydrogen) atoms. The first-order valence-corrected chi connectivity index (χ1v) is 7.55. The second-order valence-electron chi connectivity index (χ2n) is 6.05. The van der Waals surface area contributed by atoms with E-state index in [1.165, 1.54) is 23.1 Å². The van der Waals surface area contributed by atoms with Crippen molar-refractivity contribution in [2.24, 2.45) is 5.92 Å². The van der Waals surface area contributed by atoms with Gasteiger partial charge in [0, 0.05) is 12.4 Å². The summed E-state index contributed by atoms with van der Waals surface area (Å²) >= 11 is 0. The molecule has 3 unspecified atom stereocenters. The monoisotopic (exact) mass is 267 g/mol. The van der Waals surface area contributed by atoms with Crippen molar-refractivity contribution in [2.45, 2.75) is 46.0 Å². The van der Waals surface area contributed by atoms with Crippen molar-refractivity contribution in [2.75, 3.05) is 0 Å². The molecule has 0 bridgehead atoms. The van der Waals surface area contributed by atoms with Crippen molar-refractivity contribution in [3.05, 3.63) is 65.5 Å². The van der Waals surface area contributed by atoms with Gasteiger partial charge in [0.15, 0.2) is 0 Å². The van der Waals surface area contributed by atoms with Crippen molar-refractivity contribution in [1.82, 2.24) is 4.98 Å². The second-order valence-corrected chi connectivity index (χ2v) is 6.05. The summed E-state index contributed by atoms with van der Waals surface area (Å²) in [6.45, 7) is 9.19. The van der Waals surface area contributed by atoms with Crippen molar-refractivity contribution < 1.29 is 0 Å². The Kier molecular flexibility index (Phi) is 4.94. The summed E-state index contributed by atoms with van der Waals surface area (Å²) in [5, 5.41) is 0. The van der Waals surface area contributed by atoms with Crippen LogP contribution in [-0.4, -0.2) is 4.98 Å². The number of benzene rings is 1. The molecule has 1 heterocycles. The van der Waals surface area contributed by atoms with Crippen molar-refractivity contribution in [3.8, 4) is 0 Å². The third kappa shape index (κ3) is 3.47. The van der Waals surface area contributed by atoms with Gasteiger partial charge in [-0.05, 0) is 53.9 Å². The Morgan fingerprint density at radius 1 is 1.00 bits per heavy atom. The minimum atomic E-state index is 0.583. The average Bonchev–Trinajstić information content (AvgIpc) is 2.47. The van der Waals surface area contributed by atoms with Gasteiger partial charge >= 0.3 is 0 Å². The molecule has 0 saturated carbocycles. The lowest BCUT2D eigenvalue weighted by Gasteiger charge is -2.24. The highest BCUT2D eigenvalue weighted by Gasteiger charge is 2.18. The van der Waals surface area contributed by atoms with Crippen LogP contribution in [0, 0.1) is 12.8 Å². The average molecular weight is 267 g/mol. The number of rotatable bonds is 5. The van der Waals surface area contributed by atoms with Gasteiger partial charge in [-0.2, -0.15) is 0 Å². The summed E-state index contributed by atoms with van der Waals surface area (Å²) < 4.78 is 0. The molecule has 2 aromatic rings. The molecule has 0 fully saturated rings.